The molecule has 0 radical (unpaired) electrons. The summed E-state index contributed by atoms with van der Waals surface area (Å²) in [6.45, 7) is 2.08. The van der Waals surface area contributed by atoms with E-state index in [-0.39, 0.29) is 18.1 Å². The van der Waals surface area contributed by atoms with E-state index in [9.17, 15) is 9.18 Å². The molecule has 0 heterocycles. The van der Waals surface area contributed by atoms with E-state index in [0.717, 1.165) is 5.56 Å². The highest BCUT2D eigenvalue weighted by molar-refractivity contribution is 6.35. The molecule has 0 saturated carbocycles. The summed E-state index contributed by atoms with van der Waals surface area (Å²) < 4.78 is 18.4. The molecule has 0 aromatic heterocycles. The van der Waals surface area contributed by atoms with Crippen LogP contribution in [0.15, 0.2) is 47.6 Å². The van der Waals surface area contributed by atoms with Crippen molar-refractivity contribution in [3.05, 3.63) is 63.9 Å². The van der Waals surface area contributed by atoms with Crippen LogP contribution in [0.25, 0.3) is 0 Å². The first-order valence-corrected chi connectivity index (χ1v) is 8.38. The van der Waals surface area contributed by atoms with Crippen molar-refractivity contribution < 1.29 is 13.9 Å². The van der Waals surface area contributed by atoms with E-state index >= 15 is 0 Å². The third kappa shape index (κ3) is 6.36. The summed E-state index contributed by atoms with van der Waals surface area (Å²) in [5.41, 5.74) is 3.80. The molecule has 0 aliphatic rings. The molecule has 2 aromatic rings. The van der Waals surface area contributed by atoms with Gasteiger partial charge in [-0.3, -0.25) is 4.79 Å². The lowest BCUT2D eigenvalue weighted by molar-refractivity contribution is -0.121. The summed E-state index contributed by atoms with van der Waals surface area (Å²) in [5, 5.41) is 4.96. The number of rotatable bonds is 7. The molecule has 0 bridgehead atoms. The van der Waals surface area contributed by atoms with E-state index in [1.54, 1.807) is 37.3 Å². The number of hydrazone groups is 1. The third-order valence-electron chi connectivity index (χ3n) is 3.31. The first-order chi connectivity index (χ1) is 12.0. The molecule has 0 aliphatic heterocycles. The maximum atomic E-state index is 12.9. The lowest BCUT2D eigenvalue weighted by Gasteiger charge is -2.08. The van der Waals surface area contributed by atoms with Gasteiger partial charge in [0.05, 0.1) is 17.3 Å². The Bertz CT molecular complexity index is 764. The number of carbonyl (C=O) groups is 1. The topological polar surface area (TPSA) is 50.7 Å². The molecule has 2 rings (SSSR count). The average molecular weight is 383 g/mol. The Morgan fingerprint density at radius 3 is 2.60 bits per heavy atom. The van der Waals surface area contributed by atoms with Crippen molar-refractivity contribution in [2.24, 2.45) is 5.10 Å². The maximum absolute atomic E-state index is 12.9. The van der Waals surface area contributed by atoms with Crippen molar-refractivity contribution in [2.45, 2.75) is 19.8 Å². The molecular weight excluding hydrogens is 366 g/mol. The highest BCUT2D eigenvalue weighted by atomic mass is 35.5. The summed E-state index contributed by atoms with van der Waals surface area (Å²) in [7, 11) is 0. The molecule has 25 heavy (non-hydrogen) atoms. The lowest BCUT2D eigenvalue weighted by Crippen LogP contribution is -2.19. The number of amides is 1. The smallest absolute Gasteiger partial charge is 0.240 e. The molecule has 0 unspecified atom stereocenters. The fraction of sp³-hybridized carbons (Fsp3) is 0.222. The van der Waals surface area contributed by atoms with Crippen LogP contribution in [0, 0.1) is 5.82 Å². The van der Waals surface area contributed by atoms with E-state index in [4.69, 9.17) is 27.9 Å². The molecule has 0 atom stereocenters. The van der Waals surface area contributed by atoms with E-state index in [1.165, 1.54) is 12.1 Å². The lowest BCUT2D eigenvalue weighted by atomic mass is 10.1. The molecule has 1 N–H and O–H groups in total. The molecule has 132 valence electrons. The van der Waals surface area contributed by atoms with E-state index < -0.39 is 0 Å². The van der Waals surface area contributed by atoms with Crippen LogP contribution in [-0.2, 0) is 4.79 Å². The van der Waals surface area contributed by atoms with Crippen molar-refractivity contribution in [1.29, 1.82) is 0 Å². The van der Waals surface area contributed by atoms with Gasteiger partial charge in [0.15, 0.2) is 0 Å². The molecule has 0 spiro atoms. The second-order valence-electron chi connectivity index (χ2n) is 5.27. The third-order valence-corrected chi connectivity index (χ3v) is 3.84. The van der Waals surface area contributed by atoms with Gasteiger partial charge in [0.2, 0.25) is 5.91 Å². The summed E-state index contributed by atoms with van der Waals surface area (Å²) in [6.07, 6.45) is 0.765. The van der Waals surface area contributed by atoms with Gasteiger partial charge in [-0.15, -0.1) is 0 Å². The van der Waals surface area contributed by atoms with E-state index in [1.807, 2.05) is 0 Å². The van der Waals surface area contributed by atoms with Crippen LogP contribution in [0.5, 0.6) is 5.75 Å². The highest BCUT2D eigenvalue weighted by Crippen LogP contribution is 2.27. The molecule has 7 heteroatoms. The molecule has 0 aliphatic carbocycles. The van der Waals surface area contributed by atoms with Gasteiger partial charge >= 0.3 is 0 Å². The normalized spacial score (nSPS) is 11.3. The molecular formula is C18H17Cl2FN2O2. The monoisotopic (exact) mass is 382 g/mol. The van der Waals surface area contributed by atoms with Gasteiger partial charge in [-0.2, -0.15) is 5.10 Å². The Labute approximate surface area is 155 Å². The van der Waals surface area contributed by atoms with Gasteiger partial charge in [0, 0.05) is 11.4 Å². The van der Waals surface area contributed by atoms with Gasteiger partial charge in [0.25, 0.3) is 0 Å². The predicted molar refractivity (Wildman–Crippen MR) is 97.9 cm³/mol. The van der Waals surface area contributed by atoms with Crippen LogP contribution >= 0.6 is 23.2 Å². The number of ether oxygens (including phenoxy) is 1. The Morgan fingerprint density at radius 2 is 1.92 bits per heavy atom. The number of carbonyl (C=O) groups excluding carboxylic acids is 1. The largest absolute Gasteiger partial charge is 0.492 e. The molecule has 1 amide bonds. The number of nitrogens with zero attached hydrogens (tertiary/aromatic N) is 1. The first kappa shape index (κ1) is 19.2. The van der Waals surface area contributed by atoms with Crippen molar-refractivity contribution in [3.8, 4) is 5.75 Å². The van der Waals surface area contributed by atoms with Crippen LogP contribution in [0.1, 0.15) is 25.3 Å². The fourth-order valence-electron chi connectivity index (χ4n) is 1.96. The van der Waals surface area contributed by atoms with Crippen LogP contribution < -0.4 is 10.2 Å². The van der Waals surface area contributed by atoms with Crippen LogP contribution in [-0.4, -0.2) is 18.2 Å². The molecule has 0 saturated heterocycles. The minimum absolute atomic E-state index is 0.229. The predicted octanol–water partition coefficient (Wildman–Crippen LogP) is 4.83. The molecule has 2 aromatic carbocycles. The second-order valence-corrected chi connectivity index (χ2v) is 6.11. The zero-order valence-corrected chi connectivity index (χ0v) is 15.1. The molecule has 0 fully saturated rings. The second kappa shape index (κ2) is 9.39. The van der Waals surface area contributed by atoms with Crippen LogP contribution in [0.3, 0.4) is 0 Å². The van der Waals surface area contributed by atoms with Crippen LogP contribution in [0.2, 0.25) is 10.0 Å². The number of benzene rings is 2. The van der Waals surface area contributed by atoms with Gasteiger partial charge < -0.3 is 4.74 Å². The number of nitrogens with one attached hydrogen (secondary N) is 1. The number of halogens is 3. The Kier molecular flexibility index (Phi) is 7.22. The first-order valence-electron chi connectivity index (χ1n) is 7.62. The summed E-state index contributed by atoms with van der Waals surface area (Å²) >= 11 is 11.8. The summed E-state index contributed by atoms with van der Waals surface area (Å²) in [6, 6.07) is 10.8. The van der Waals surface area contributed by atoms with Gasteiger partial charge in [0.1, 0.15) is 11.6 Å². The number of hydrogen-bond donors (Lipinski definition) is 1. The zero-order valence-electron chi connectivity index (χ0n) is 13.6. The summed E-state index contributed by atoms with van der Waals surface area (Å²) in [5.74, 6) is -0.0229. The Balaban J connectivity index is 1.73. The molecule has 4 nitrogen and oxygen atoms in total. The van der Waals surface area contributed by atoms with Gasteiger partial charge in [-0.05, 0) is 49.2 Å². The standard InChI is InChI=1S/C18H17Cl2FN2O2/c1-12(13-4-7-15(21)8-5-13)22-23-18(24)3-2-10-25-17-9-6-14(19)11-16(17)20/h4-9,11H,2-3,10H2,1H3,(H,23,24). The zero-order chi connectivity index (χ0) is 18.2. The minimum atomic E-state index is -0.318. The van der Waals surface area contributed by atoms with Gasteiger partial charge in [-0.25, -0.2) is 9.82 Å². The van der Waals surface area contributed by atoms with Crippen molar-refractivity contribution in [3.63, 3.8) is 0 Å². The summed E-state index contributed by atoms with van der Waals surface area (Å²) in [4.78, 5) is 11.8. The van der Waals surface area contributed by atoms with Crippen LogP contribution in [0.4, 0.5) is 4.39 Å². The minimum Gasteiger partial charge on any atom is -0.492 e. The number of hydrogen-bond acceptors (Lipinski definition) is 3. The highest BCUT2D eigenvalue weighted by Gasteiger charge is 2.05. The van der Waals surface area contributed by atoms with Crippen molar-refractivity contribution in [1.82, 2.24) is 5.43 Å². The maximum Gasteiger partial charge on any atom is 0.240 e. The van der Waals surface area contributed by atoms with Crippen molar-refractivity contribution >= 4 is 34.8 Å². The Hall–Kier alpha value is -2.11. The quantitative estimate of drug-likeness (QED) is 0.423. The van der Waals surface area contributed by atoms with E-state index in [2.05, 4.69) is 10.5 Å². The van der Waals surface area contributed by atoms with Crippen molar-refractivity contribution in [2.75, 3.05) is 6.61 Å². The van der Waals surface area contributed by atoms with Gasteiger partial charge in [-0.1, -0.05) is 35.3 Å². The Morgan fingerprint density at radius 1 is 1.20 bits per heavy atom. The fourth-order valence-corrected chi connectivity index (χ4v) is 2.43. The average Bonchev–Trinajstić information content (AvgIpc) is 2.58. The SMILES string of the molecule is CC(=NNC(=O)CCCOc1ccc(Cl)cc1Cl)c1ccc(F)cc1. The van der Waals surface area contributed by atoms with E-state index in [0.29, 0.717) is 34.5 Å².